The van der Waals surface area contributed by atoms with Gasteiger partial charge < -0.3 is 15.4 Å². The number of morpholine rings is 1. The highest BCUT2D eigenvalue weighted by molar-refractivity contribution is 5.94. The Kier molecular flexibility index (Phi) is 8.20. The average molecular weight is 424 g/mol. The van der Waals surface area contributed by atoms with Crippen molar-refractivity contribution in [1.29, 1.82) is 0 Å². The molecule has 2 amide bonds. The number of hydrogen-bond donors (Lipinski definition) is 2. The molecule has 2 aromatic rings. The maximum absolute atomic E-state index is 12.3. The molecule has 166 valence electrons. The fraction of sp³-hybridized carbons (Fsp3) is 0.440. The molecule has 2 aromatic carbocycles. The third-order valence-corrected chi connectivity index (χ3v) is 5.32. The molecule has 3 atom stereocenters. The van der Waals surface area contributed by atoms with Crippen molar-refractivity contribution in [2.45, 2.75) is 58.5 Å². The van der Waals surface area contributed by atoms with Crippen molar-refractivity contribution in [3.8, 4) is 0 Å². The molecule has 1 saturated heterocycles. The quantitative estimate of drug-likeness (QED) is 0.684. The van der Waals surface area contributed by atoms with Gasteiger partial charge in [0.1, 0.15) is 0 Å². The zero-order valence-electron chi connectivity index (χ0n) is 18.6. The summed E-state index contributed by atoms with van der Waals surface area (Å²) >= 11 is 0. The van der Waals surface area contributed by atoms with Gasteiger partial charge in [-0.3, -0.25) is 14.5 Å². The highest BCUT2D eigenvalue weighted by Crippen LogP contribution is 2.15. The van der Waals surface area contributed by atoms with Gasteiger partial charge in [0.05, 0.1) is 12.2 Å². The first kappa shape index (κ1) is 23.0. The maximum atomic E-state index is 12.3. The van der Waals surface area contributed by atoms with E-state index in [1.807, 2.05) is 25.1 Å². The summed E-state index contributed by atoms with van der Waals surface area (Å²) in [6.07, 6.45) is 0.764. The number of benzene rings is 2. The molecule has 1 aliphatic rings. The molecule has 3 rings (SSSR count). The van der Waals surface area contributed by atoms with Crippen molar-refractivity contribution in [3.05, 3.63) is 71.3 Å². The minimum atomic E-state index is -0.242. The smallest absolute Gasteiger partial charge is 0.251 e. The van der Waals surface area contributed by atoms with Gasteiger partial charge >= 0.3 is 0 Å². The van der Waals surface area contributed by atoms with Crippen molar-refractivity contribution >= 4 is 11.8 Å². The van der Waals surface area contributed by atoms with Crippen LogP contribution in [0.15, 0.2) is 54.6 Å². The third kappa shape index (κ3) is 7.49. The number of nitrogens with zero attached hydrogens (tertiary/aromatic N) is 1. The average Bonchev–Trinajstić information content (AvgIpc) is 2.73. The first-order valence-electron chi connectivity index (χ1n) is 11.0. The highest BCUT2D eigenvalue weighted by Gasteiger charge is 2.22. The van der Waals surface area contributed by atoms with Crippen LogP contribution in [-0.2, 0) is 22.6 Å². The first-order chi connectivity index (χ1) is 14.9. The molecular formula is C25H33N3O3. The standard InChI is InChI=1S/C25H33N3O3/c1-18(27-25(30)23-7-5-4-6-8-23)13-24(29)26-14-21-9-11-22(12-10-21)17-28-15-19(2)31-20(3)16-28/h4-12,18-20H,13-17H2,1-3H3,(H,26,29)(H,27,30). The van der Waals surface area contributed by atoms with Crippen LogP contribution in [0.1, 0.15) is 48.7 Å². The predicted octanol–water partition coefficient (Wildman–Crippen LogP) is 3.12. The van der Waals surface area contributed by atoms with Gasteiger partial charge in [0.2, 0.25) is 5.91 Å². The Balaban J connectivity index is 1.40. The van der Waals surface area contributed by atoms with Gasteiger partial charge in [-0.05, 0) is 44.0 Å². The molecule has 1 aliphatic heterocycles. The van der Waals surface area contributed by atoms with Crippen molar-refractivity contribution in [3.63, 3.8) is 0 Å². The van der Waals surface area contributed by atoms with Gasteiger partial charge in [-0.15, -0.1) is 0 Å². The van der Waals surface area contributed by atoms with E-state index >= 15 is 0 Å². The molecule has 6 heteroatoms. The summed E-state index contributed by atoms with van der Waals surface area (Å²) in [5.41, 5.74) is 2.91. The molecule has 6 nitrogen and oxygen atoms in total. The number of carbonyl (C=O) groups is 2. The second-order valence-electron chi connectivity index (χ2n) is 8.49. The summed E-state index contributed by atoms with van der Waals surface area (Å²) in [5.74, 6) is -0.248. The molecule has 0 spiro atoms. The van der Waals surface area contributed by atoms with Crippen molar-refractivity contribution < 1.29 is 14.3 Å². The number of rotatable bonds is 8. The van der Waals surface area contributed by atoms with Crippen LogP contribution in [0.25, 0.3) is 0 Å². The normalized spacial score (nSPS) is 20.1. The second-order valence-corrected chi connectivity index (χ2v) is 8.49. The summed E-state index contributed by atoms with van der Waals surface area (Å²) in [7, 11) is 0. The molecule has 2 N–H and O–H groups in total. The highest BCUT2D eigenvalue weighted by atomic mass is 16.5. The molecule has 3 unspecified atom stereocenters. The molecule has 31 heavy (non-hydrogen) atoms. The van der Waals surface area contributed by atoms with Gasteiger partial charge in [-0.2, -0.15) is 0 Å². The molecule has 0 aliphatic carbocycles. The lowest BCUT2D eigenvalue weighted by Crippen LogP contribution is -2.44. The fourth-order valence-electron chi connectivity index (χ4n) is 3.93. The van der Waals surface area contributed by atoms with E-state index in [0.717, 1.165) is 25.2 Å². The molecule has 0 saturated carbocycles. The van der Waals surface area contributed by atoms with E-state index in [1.54, 1.807) is 12.1 Å². The summed E-state index contributed by atoms with van der Waals surface area (Å²) in [6.45, 7) is 9.34. The molecule has 1 fully saturated rings. The molecule has 0 aromatic heterocycles. The van der Waals surface area contributed by atoms with Gasteiger partial charge in [-0.1, -0.05) is 42.5 Å². The van der Waals surface area contributed by atoms with Crippen LogP contribution in [0.3, 0.4) is 0 Å². The van der Waals surface area contributed by atoms with E-state index in [9.17, 15) is 9.59 Å². The van der Waals surface area contributed by atoms with E-state index in [-0.39, 0.29) is 36.5 Å². The fourth-order valence-corrected chi connectivity index (χ4v) is 3.93. The van der Waals surface area contributed by atoms with Crippen molar-refractivity contribution in [2.24, 2.45) is 0 Å². The van der Waals surface area contributed by atoms with Gasteiger partial charge in [0, 0.05) is 44.2 Å². The Bertz CT molecular complexity index is 844. The van der Waals surface area contributed by atoms with Crippen LogP contribution in [0.5, 0.6) is 0 Å². The first-order valence-corrected chi connectivity index (χ1v) is 11.0. The number of ether oxygens (including phenoxy) is 1. The lowest BCUT2D eigenvalue weighted by atomic mass is 10.1. The minimum absolute atomic E-state index is 0.0822. The third-order valence-electron chi connectivity index (χ3n) is 5.32. The number of hydrogen-bond acceptors (Lipinski definition) is 4. The van der Waals surface area contributed by atoms with E-state index in [1.165, 1.54) is 5.56 Å². The van der Waals surface area contributed by atoms with E-state index < -0.39 is 0 Å². The van der Waals surface area contributed by atoms with Gasteiger partial charge in [0.15, 0.2) is 0 Å². The van der Waals surface area contributed by atoms with E-state index in [2.05, 4.69) is 53.6 Å². The Labute approximate surface area is 185 Å². The SMILES string of the molecule is CC(CC(=O)NCc1ccc(CN2CC(C)OC(C)C2)cc1)NC(=O)c1ccccc1. The van der Waals surface area contributed by atoms with Crippen molar-refractivity contribution in [1.82, 2.24) is 15.5 Å². The Morgan fingerprint density at radius 2 is 1.61 bits per heavy atom. The number of amides is 2. The maximum Gasteiger partial charge on any atom is 0.251 e. The molecule has 1 heterocycles. The second kappa shape index (κ2) is 11.1. The molecule has 0 radical (unpaired) electrons. The lowest BCUT2D eigenvalue weighted by molar-refractivity contribution is -0.121. The molecular weight excluding hydrogens is 390 g/mol. The number of carbonyl (C=O) groups excluding carboxylic acids is 2. The lowest BCUT2D eigenvalue weighted by Gasteiger charge is -2.35. The van der Waals surface area contributed by atoms with Gasteiger partial charge in [-0.25, -0.2) is 0 Å². The van der Waals surface area contributed by atoms with Crippen LogP contribution in [0.4, 0.5) is 0 Å². The van der Waals surface area contributed by atoms with Crippen LogP contribution in [0.2, 0.25) is 0 Å². The summed E-state index contributed by atoms with van der Waals surface area (Å²) in [6, 6.07) is 17.1. The predicted molar refractivity (Wildman–Crippen MR) is 122 cm³/mol. The van der Waals surface area contributed by atoms with Crippen molar-refractivity contribution in [2.75, 3.05) is 13.1 Å². The number of nitrogens with one attached hydrogen (secondary N) is 2. The molecule has 0 bridgehead atoms. The summed E-state index contributed by atoms with van der Waals surface area (Å²) in [5, 5.41) is 5.80. The van der Waals surface area contributed by atoms with Crippen LogP contribution >= 0.6 is 0 Å². The largest absolute Gasteiger partial charge is 0.373 e. The van der Waals surface area contributed by atoms with Crippen LogP contribution in [0, 0.1) is 0 Å². The van der Waals surface area contributed by atoms with Gasteiger partial charge in [0.25, 0.3) is 5.91 Å². The zero-order chi connectivity index (χ0) is 22.2. The van der Waals surface area contributed by atoms with Crippen LogP contribution < -0.4 is 10.6 Å². The Morgan fingerprint density at radius 3 is 2.26 bits per heavy atom. The topological polar surface area (TPSA) is 70.7 Å². The zero-order valence-corrected chi connectivity index (χ0v) is 18.6. The summed E-state index contributed by atoms with van der Waals surface area (Å²) < 4.78 is 5.79. The summed E-state index contributed by atoms with van der Waals surface area (Å²) in [4.78, 5) is 26.8. The van der Waals surface area contributed by atoms with E-state index in [4.69, 9.17) is 4.74 Å². The van der Waals surface area contributed by atoms with Crippen LogP contribution in [-0.4, -0.2) is 48.1 Å². The monoisotopic (exact) mass is 423 g/mol. The Hall–Kier alpha value is -2.70. The Morgan fingerprint density at radius 1 is 1.00 bits per heavy atom. The minimum Gasteiger partial charge on any atom is -0.373 e. The van der Waals surface area contributed by atoms with E-state index in [0.29, 0.717) is 12.1 Å².